The zero-order valence-electron chi connectivity index (χ0n) is 12.0. The normalized spacial score (nSPS) is 11.4. The van der Waals surface area contributed by atoms with Crippen molar-refractivity contribution in [3.05, 3.63) is 29.3 Å². The van der Waals surface area contributed by atoms with Gasteiger partial charge in [-0.1, -0.05) is 0 Å². The Morgan fingerprint density at radius 1 is 1.40 bits per heavy atom. The molecule has 2 rings (SSSR count). The predicted molar refractivity (Wildman–Crippen MR) is 80.0 cm³/mol. The van der Waals surface area contributed by atoms with Gasteiger partial charge in [0, 0.05) is 38.1 Å². The standard InChI is InChI=1S/C15H20ClFN2O/c1-3-20-8-4-7-19-14-9-11(2)12(17)10-13(14)18-15(19)5-6-16/h9-10H,3-8H2,1-2H3. The molecule has 0 spiro atoms. The minimum Gasteiger partial charge on any atom is -0.382 e. The number of alkyl halides is 1. The van der Waals surface area contributed by atoms with Gasteiger partial charge >= 0.3 is 0 Å². The second kappa shape index (κ2) is 7.04. The number of nitrogens with zero attached hydrogens (tertiary/aromatic N) is 2. The van der Waals surface area contributed by atoms with E-state index in [2.05, 4.69) is 9.55 Å². The van der Waals surface area contributed by atoms with Crippen LogP contribution in [0.2, 0.25) is 0 Å². The Kier molecular flexibility index (Phi) is 5.38. The van der Waals surface area contributed by atoms with Gasteiger partial charge in [-0.15, -0.1) is 11.6 Å². The highest BCUT2D eigenvalue weighted by atomic mass is 35.5. The number of halogens is 2. The topological polar surface area (TPSA) is 27.1 Å². The third kappa shape index (κ3) is 3.30. The Balaban J connectivity index is 2.32. The van der Waals surface area contributed by atoms with E-state index < -0.39 is 0 Å². The van der Waals surface area contributed by atoms with Crippen molar-refractivity contribution in [2.75, 3.05) is 19.1 Å². The first-order valence-corrected chi connectivity index (χ1v) is 7.49. The van der Waals surface area contributed by atoms with E-state index in [0.717, 1.165) is 37.5 Å². The molecule has 2 aromatic rings. The van der Waals surface area contributed by atoms with Crippen LogP contribution in [-0.2, 0) is 17.7 Å². The third-order valence-corrected chi connectivity index (χ3v) is 3.49. The van der Waals surface area contributed by atoms with Crippen LogP contribution >= 0.6 is 11.6 Å². The molecule has 0 radical (unpaired) electrons. The maximum absolute atomic E-state index is 13.6. The first-order valence-electron chi connectivity index (χ1n) is 6.96. The number of aromatic nitrogens is 2. The van der Waals surface area contributed by atoms with Crippen molar-refractivity contribution in [3.8, 4) is 0 Å². The van der Waals surface area contributed by atoms with E-state index in [4.69, 9.17) is 16.3 Å². The van der Waals surface area contributed by atoms with Crippen LogP contribution in [0.3, 0.4) is 0 Å². The SMILES string of the molecule is CCOCCCn1c(CCCl)nc2cc(F)c(C)cc21. The van der Waals surface area contributed by atoms with E-state index in [9.17, 15) is 4.39 Å². The molecule has 20 heavy (non-hydrogen) atoms. The summed E-state index contributed by atoms with van der Waals surface area (Å²) in [7, 11) is 0. The van der Waals surface area contributed by atoms with E-state index in [1.54, 1.807) is 6.92 Å². The van der Waals surface area contributed by atoms with Gasteiger partial charge in [0.15, 0.2) is 0 Å². The van der Waals surface area contributed by atoms with Crippen LogP contribution in [-0.4, -0.2) is 28.6 Å². The molecule has 1 aromatic heterocycles. The molecule has 0 aliphatic heterocycles. The number of ether oxygens (including phenoxy) is 1. The second-order valence-corrected chi connectivity index (χ2v) is 5.14. The summed E-state index contributed by atoms with van der Waals surface area (Å²) in [6, 6.07) is 3.36. The minimum atomic E-state index is -0.214. The average Bonchev–Trinajstić information content (AvgIpc) is 2.73. The lowest BCUT2D eigenvalue weighted by Crippen LogP contribution is -2.07. The summed E-state index contributed by atoms with van der Waals surface area (Å²) in [4.78, 5) is 4.50. The largest absolute Gasteiger partial charge is 0.382 e. The van der Waals surface area contributed by atoms with E-state index in [0.29, 0.717) is 23.4 Å². The molecule has 1 heterocycles. The molecule has 0 atom stereocenters. The quantitative estimate of drug-likeness (QED) is 0.576. The van der Waals surface area contributed by atoms with Crippen molar-refractivity contribution in [1.29, 1.82) is 0 Å². The predicted octanol–water partition coefficient (Wildman–Crippen LogP) is 3.69. The van der Waals surface area contributed by atoms with Gasteiger partial charge in [-0.25, -0.2) is 9.37 Å². The molecule has 0 saturated carbocycles. The number of aryl methyl sites for hydroxylation is 3. The molecule has 0 N–H and O–H groups in total. The van der Waals surface area contributed by atoms with Crippen molar-refractivity contribution in [2.24, 2.45) is 0 Å². The molecule has 0 bridgehead atoms. The van der Waals surface area contributed by atoms with Gasteiger partial charge in [-0.2, -0.15) is 0 Å². The van der Waals surface area contributed by atoms with Crippen molar-refractivity contribution in [1.82, 2.24) is 9.55 Å². The van der Waals surface area contributed by atoms with Gasteiger partial charge in [-0.05, 0) is 31.9 Å². The van der Waals surface area contributed by atoms with Gasteiger partial charge < -0.3 is 9.30 Å². The van der Waals surface area contributed by atoms with Crippen LogP contribution in [0.4, 0.5) is 4.39 Å². The van der Waals surface area contributed by atoms with E-state index in [1.165, 1.54) is 6.07 Å². The zero-order chi connectivity index (χ0) is 14.5. The third-order valence-electron chi connectivity index (χ3n) is 3.30. The van der Waals surface area contributed by atoms with Crippen molar-refractivity contribution >= 4 is 22.6 Å². The maximum Gasteiger partial charge on any atom is 0.128 e. The smallest absolute Gasteiger partial charge is 0.128 e. The first kappa shape index (κ1) is 15.3. The Bertz CT molecular complexity index is 583. The van der Waals surface area contributed by atoms with Gasteiger partial charge in [-0.3, -0.25) is 0 Å². The highest BCUT2D eigenvalue weighted by molar-refractivity contribution is 6.17. The number of benzene rings is 1. The molecule has 0 saturated heterocycles. The molecule has 5 heteroatoms. The van der Waals surface area contributed by atoms with Crippen molar-refractivity contribution < 1.29 is 9.13 Å². The fraction of sp³-hybridized carbons (Fsp3) is 0.533. The molecular formula is C15H20ClFN2O. The molecule has 0 amide bonds. The average molecular weight is 299 g/mol. The van der Waals surface area contributed by atoms with Crippen LogP contribution in [0.5, 0.6) is 0 Å². The lowest BCUT2D eigenvalue weighted by atomic mass is 10.2. The number of imidazole rings is 1. The summed E-state index contributed by atoms with van der Waals surface area (Å²) >= 11 is 5.83. The molecule has 0 aliphatic rings. The number of hydrogen-bond donors (Lipinski definition) is 0. The Labute approximate surface area is 123 Å². The molecule has 0 fully saturated rings. The zero-order valence-corrected chi connectivity index (χ0v) is 12.7. The fourth-order valence-electron chi connectivity index (χ4n) is 2.29. The summed E-state index contributed by atoms with van der Waals surface area (Å²) in [6.07, 6.45) is 1.59. The van der Waals surface area contributed by atoms with Crippen LogP contribution in [0.25, 0.3) is 11.0 Å². The van der Waals surface area contributed by atoms with Gasteiger partial charge in [0.2, 0.25) is 0 Å². The Morgan fingerprint density at radius 3 is 2.90 bits per heavy atom. The fourth-order valence-corrected chi connectivity index (χ4v) is 2.46. The molecule has 0 aliphatic carbocycles. The Morgan fingerprint density at radius 2 is 2.20 bits per heavy atom. The van der Waals surface area contributed by atoms with Crippen LogP contribution < -0.4 is 0 Å². The van der Waals surface area contributed by atoms with Crippen LogP contribution in [0.15, 0.2) is 12.1 Å². The minimum absolute atomic E-state index is 0.214. The van der Waals surface area contributed by atoms with Gasteiger partial charge in [0.05, 0.1) is 11.0 Å². The molecule has 0 unspecified atom stereocenters. The van der Waals surface area contributed by atoms with Gasteiger partial charge in [0.1, 0.15) is 11.6 Å². The van der Waals surface area contributed by atoms with Crippen LogP contribution in [0.1, 0.15) is 24.7 Å². The monoisotopic (exact) mass is 298 g/mol. The van der Waals surface area contributed by atoms with Crippen molar-refractivity contribution in [3.63, 3.8) is 0 Å². The summed E-state index contributed by atoms with van der Waals surface area (Å²) in [5.41, 5.74) is 2.31. The number of fused-ring (bicyclic) bond motifs is 1. The molecule has 110 valence electrons. The van der Waals surface area contributed by atoms with E-state index in [1.807, 2.05) is 13.0 Å². The van der Waals surface area contributed by atoms with Gasteiger partial charge in [0.25, 0.3) is 0 Å². The summed E-state index contributed by atoms with van der Waals surface area (Å²) in [5, 5.41) is 0. The van der Waals surface area contributed by atoms with E-state index >= 15 is 0 Å². The number of hydrogen-bond acceptors (Lipinski definition) is 2. The van der Waals surface area contributed by atoms with Crippen LogP contribution in [0, 0.1) is 12.7 Å². The lowest BCUT2D eigenvalue weighted by molar-refractivity contribution is 0.141. The molecular weight excluding hydrogens is 279 g/mol. The molecule has 1 aromatic carbocycles. The summed E-state index contributed by atoms with van der Waals surface area (Å²) in [6.45, 7) is 6.01. The highest BCUT2D eigenvalue weighted by Gasteiger charge is 2.12. The molecule has 3 nitrogen and oxygen atoms in total. The maximum atomic E-state index is 13.6. The summed E-state index contributed by atoms with van der Waals surface area (Å²) < 4.78 is 21.1. The van der Waals surface area contributed by atoms with Crippen molar-refractivity contribution in [2.45, 2.75) is 33.2 Å². The lowest BCUT2D eigenvalue weighted by Gasteiger charge is -2.09. The summed E-state index contributed by atoms with van der Waals surface area (Å²) in [5.74, 6) is 1.21. The first-order chi connectivity index (χ1) is 9.67. The second-order valence-electron chi connectivity index (χ2n) is 4.76. The van der Waals surface area contributed by atoms with E-state index in [-0.39, 0.29) is 5.82 Å². The highest BCUT2D eigenvalue weighted by Crippen LogP contribution is 2.21. The Hall–Kier alpha value is -1.13. The number of rotatable bonds is 7.